The van der Waals surface area contributed by atoms with Gasteiger partial charge in [-0.15, -0.1) is 0 Å². The van der Waals surface area contributed by atoms with Gasteiger partial charge in [0, 0.05) is 23.2 Å². The number of anilines is 1. The molecule has 2 aromatic carbocycles. The Morgan fingerprint density at radius 2 is 1.83 bits per heavy atom. The molecular weight excluding hydrogens is 330 g/mol. The van der Waals surface area contributed by atoms with Crippen LogP contribution < -0.4 is 4.72 Å². The number of rotatable bonds is 4. The summed E-state index contributed by atoms with van der Waals surface area (Å²) in [5, 5.41) is 11.5. The number of fused-ring (bicyclic) bond motifs is 1. The molecule has 0 aliphatic heterocycles. The minimum Gasteiger partial charge on any atom is -0.279 e. The van der Waals surface area contributed by atoms with Crippen molar-refractivity contribution in [1.82, 2.24) is 4.98 Å². The molecule has 1 heterocycles. The Morgan fingerprint density at radius 3 is 2.58 bits per heavy atom. The Labute approximate surface area is 138 Å². The van der Waals surface area contributed by atoms with Gasteiger partial charge in [-0.25, -0.2) is 8.42 Å². The Morgan fingerprint density at radius 1 is 1.08 bits per heavy atom. The first-order valence-electron chi connectivity index (χ1n) is 7.00. The fraction of sp³-hybridized carbons (Fsp3) is 0.0625. The van der Waals surface area contributed by atoms with Crippen molar-refractivity contribution < 1.29 is 13.3 Å². The molecule has 0 bridgehead atoms. The van der Waals surface area contributed by atoms with E-state index in [0.717, 1.165) is 0 Å². The smallest absolute Gasteiger partial charge is 0.271 e. The van der Waals surface area contributed by atoms with Crippen molar-refractivity contribution in [2.24, 2.45) is 0 Å². The van der Waals surface area contributed by atoms with Crippen molar-refractivity contribution in [2.75, 3.05) is 4.72 Å². The minimum atomic E-state index is -3.93. The maximum absolute atomic E-state index is 12.7. The molecule has 1 aromatic heterocycles. The second-order valence-electron chi connectivity index (χ2n) is 5.19. The Kier molecular flexibility index (Phi) is 3.90. The number of nitrogens with zero attached hydrogens (tertiary/aromatic N) is 2. The second kappa shape index (κ2) is 5.89. The van der Waals surface area contributed by atoms with Crippen LogP contribution in [0.2, 0.25) is 0 Å². The van der Waals surface area contributed by atoms with Gasteiger partial charge in [-0.2, -0.15) is 0 Å². The van der Waals surface area contributed by atoms with Crippen molar-refractivity contribution in [2.45, 2.75) is 11.8 Å². The topological polar surface area (TPSA) is 102 Å². The Hall–Kier alpha value is -3.00. The summed E-state index contributed by atoms with van der Waals surface area (Å²) in [7, 11) is -3.93. The summed E-state index contributed by atoms with van der Waals surface area (Å²) in [6.07, 6.45) is 0. The summed E-state index contributed by atoms with van der Waals surface area (Å²) < 4.78 is 27.7. The Balaban J connectivity index is 2.07. The number of non-ortho nitro benzene ring substituents is 1. The molecule has 3 aromatic rings. The van der Waals surface area contributed by atoms with Crippen LogP contribution in [0.25, 0.3) is 10.9 Å². The molecule has 3 rings (SSSR count). The van der Waals surface area contributed by atoms with Crippen molar-refractivity contribution in [3.8, 4) is 0 Å². The van der Waals surface area contributed by atoms with E-state index >= 15 is 0 Å². The number of aromatic nitrogens is 1. The largest absolute Gasteiger partial charge is 0.279 e. The molecule has 0 saturated carbocycles. The molecule has 1 N–H and O–H groups in total. The molecular formula is C16H13N3O4S. The highest BCUT2D eigenvalue weighted by Gasteiger charge is 2.19. The molecule has 8 heteroatoms. The molecule has 0 spiro atoms. The van der Waals surface area contributed by atoms with Crippen molar-refractivity contribution >= 4 is 32.3 Å². The zero-order chi connectivity index (χ0) is 17.3. The number of nitro benzene ring substituents is 1. The van der Waals surface area contributed by atoms with Gasteiger partial charge in [-0.1, -0.05) is 24.3 Å². The quantitative estimate of drug-likeness (QED) is 0.578. The van der Waals surface area contributed by atoms with E-state index in [0.29, 0.717) is 16.6 Å². The highest BCUT2D eigenvalue weighted by molar-refractivity contribution is 7.93. The van der Waals surface area contributed by atoms with Gasteiger partial charge in [0.1, 0.15) is 4.90 Å². The zero-order valence-corrected chi connectivity index (χ0v) is 13.4. The van der Waals surface area contributed by atoms with Crippen molar-refractivity contribution in [3.05, 3.63) is 70.4 Å². The predicted molar refractivity (Wildman–Crippen MR) is 90.4 cm³/mol. The molecule has 0 saturated heterocycles. The first-order valence-corrected chi connectivity index (χ1v) is 8.49. The average molecular weight is 343 g/mol. The lowest BCUT2D eigenvalue weighted by atomic mass is 10.2. The van der Waals surface area contributed by atoms with Gasteiger partial charge in [-0.3, -0.25) is 19.8 Å². The van der Waals surface area contributed by atoms with Gasteiger partial charge in [0.2, 0.25) is 0 Å². The van der Waals surface area contributed by atoms with E-state index in [4.69, 9.17) is 0 Å². The van der Waals surface area contributed by atoms with Crippen LogP contribution in [0.3, 0.4) is 0 Å². The maximum Gasteiger partial charge on any atom is 0.271 e. The molecule has 0 radical (unpaired) electrons. The van der Waals surface area contributed by atoms with E-state index in [-0.39, 0.29) is 16.3 Å². The van der Waals surface area contributed by atoms with Gasteiger partial charge >= 0.3 is 0 Å². The Bertz CT molecular complexity index is 1050. The fourth-order valence-electron chi connectivity index (χ4n) is 2.33. The van der Waals surface area contributed by atoms with E-state index < -0.39 is 14.9 Å². The van der Waals surface area contributed by atoms with Crippen LogP contribution in [-0.4, -0.2) is 18.3 Å². The lowest BCUT2D eigenvalue weighted by Gasteiger charge is -2.10. The van der Waals surface area contributed by atoms with Crippen LogP contribution in [0, 0.1) is 17.0 Å². The highest BCUT2D eigenvalue weighted by Crippen LogP contribution is 2.25. The molecule has 24 heavy (non-hydrogen) atoms. The number of pyridine rings is 1. The number of aryl methyl sites for hydroxylation is 1. The molecule has 0 fully saturated rings. The van der Waals surface area contributed by atoms with Gasteiger partial charge in [-0.05, 0) is 25.1 Å². The molecule has 7 nitrogen and oxygen atoms in total. The van der Waals surface area contributed by atoms with Crippen LogP contribution in [0.15, 0.2) is 59.5 Å². The van der Waals surface area contributed by atoms with Crippen LogP contribution in [-0.2, 0) is 10.0 Å². The first kappa shape index (κ1) is 15.9. The first-order chi connectivity index (χ1) is 11.4. The van der Waals surface area contributed by atoms with E-state index in [2.05, 4.69) is 9.71 Å². The molecule has 0 unspecified atom stereocenters. The summed E-state index contributed by atoms with van der Waals surface area (Å²) in [4.78, 5) is 14.6. The number of para-hydroxylation sites is 1. The zero-order valence-electron chi connectivity index (χ0n) is 12.6. The minimum absolute atomic E-state index is 0.0233. The summed E-state index contributed by atoms with van der Waals surface area (Å²) in [6.45, 7) is 1.77. The van der Waals surface area contributed by atoms with E-state index in [1.807, 2.05) is 0 Å². The predicted octanol–water partition coefficient (Wildman–Crippen LogP) is 3.25. The second-order valence-corrected chi connectivity index (χ2v) is 6.84. The van der Waals surface area contributed by atoms with Gasteiger partial charge < -0.3 is 0 Å². The van der Waals surface area contributed by atoms with Crippen molar-refractivity contribution in [3.63, 3.8) is 0 Å². The van der Waals surface area contributed by atoms with Crippen LogP contribution in [0.4, 0.5) is 11.4 Å². The number of benzene rings is 2. The molecule has 122 valence electrons. The van der Waals surface area contributed by atoms with Gasteiger partial charge in [0.25, 0.3) is 15.7 Å². The van der Waals surface area contributed by atoms with Crippen molar-refractivity contribution in [1.29, 1.82) is 0 Å². The van der Waals surface area contributed by atoms with Crippen LogP contribution in [0.5, 0.6) is 0 Å². The number of nitro groups is 1. The summed E-state index contributed by atoms with van der Waals surface area (Å²) in [5.74, 6) is 0. The fourth-order valence-corrected chi connectivity index (χ4v) is 3.55. The number of nitrogens with one attached hydrogen (secondary N) is 1. The SMILES string of the molecule is Cc1ccc2cccc(S(=O)(=O)Nc3cccc([N+](=O)[O-])c3)c2n1. The van der Waals surface area contributed by atoms with E-state index in [9.17, 15) is 18.5 Å². The number of hydrogen-bond acceptors (Lipinski definition) is 5. The van der Waals surface area contributed by atoms with Crippen LogP contribution in [0.1, 0.15) is 5.69 Å². The summed E-state index contributed by atoms with van der Waals surface area (Å²) in [5.41, 5.74) is 0.979. The molecule has 0 aliphatic rings. The molecule has 0 aliphatic carbocycles. The third kappa shape index (κ3) is 3.04. The number of sulfonamides is 1. The lowest BCUT2D eigenvalue weighted by Crippen LogP contribution is -2.14. The van der Waals surface area contributed by atoms with Crippen LogP contribution >= 0.6 is 0 Å². The summed E-state index contributed by atoms with van der Waals surface area (Å²) >= 11 is 0. The average Bonchev–Trinajstić information content (AvgIpc) is 2.54. The van der Waals surface area contributed by atoms with Gasteiger partial charge in [0.15, 0.2) is 0 Å². The maximum atomic E-state index is 12.7. The van der Waals surface area contributed by atoms with E-state index in [1.165, 1.54) is 30.3 Å². The van der Waals surface area contributed by atoms with Gasteiger partial charge in [0.05, 0.1) is 16.1 Å². The number of hydrogen-bond donors (Lipinski definition) is 1. The lowest BCUT2D eigenvalue weighted by molar-refractivity contribution is -0.384. The molecule has 0 amide bonds. The normalized spacial score (nSPS) is 11.4. The highest BCUT2D eigenvalue weighted by atomic mass is 32.2. The molecule has 0 atom stereocenters. The monoisotopic (exact) mass is 343 g/mol. The third-order valence-electron chi connectivity index (χ3n) is 3.42. The van der Waals surface area contributed by atoms with E-state index in [1.54, 1.807) is 31.2 Å². The third-order valence-corrected chi connectivity index (χ3v) is 4.83. The standard InChI is InChI=1S/C16H13N3O4S/c1-11-8-9-12-4-2-7-15(16(12)17-11)24(22,23)18-13-5-3-6-14(10-13)19(20)21/h2-10,18H,1H3. The summed E-state index contributed by atoms with van der Waals surface area (Å²) in [6, 6.07) is 13.8.